The van der Waals surface area contributed by atoms with Crippen LogP contribution in [0.25, 0.3) is 0 Å². The number of hydrogen-bond donors (Lipinski definition) is 0. The maximum atomic E-state index is 12.6. The van der Waals surface area contributed by atoms with Gasteiger partial charge in [-0.15, -0.1) is 0 Å². The van der Waals surface area contributed by atoms with Gasteiger partial charge in [-0.1, -0.05) is 12.1 Å². The van der Waals surface area contributed by atoms with Crippen LogP contribution in [0.15, 0.2) is 30.6 Å². The predicted molar refractivity (Wildman–Crippen MR) is 85.8 cm³/mol. The Morgan fingerprint density at radius 1 is 1.25 bits per heavy atom. The second-order valence-corrected chi connectivity index (χ2v) is 5.81. The van der Waals surface area contributed by atoms with E-state index in [4.69, 9.17) is 17.0 Å². The molecule has 24 heavy (non-hydrogen) atoms. The van der Waals surface area contributed by atoms with Crippen LogP contribution in [0.1, 0.15) is 11.1 Å². The smallest absolute Gasteiger partial charge is 0.383 e. The summed E-state index contributed by atoms with van der Waals surface area (Å²) in [5.41, 5.74) is 0.142. The molecule has 0 atom stereocenters. The van der Waals surface area contributed by atoms with Crippen molar-refractivity contribution < 1.29 is 17.9 Å². The Bertz CT molecular complexity index is 709. The van der Waals surface area contributed by atoms with E-state index in [0.29, 0.717) is 31.1 Å². The van der Waals surface area contributed by atoms with Crippen LogP contribution in [0.4, 0.5) is 13.2 Å². The van der Waals surface area contributed by atoms with E-state index in [1.807, 2.05) is 16.5 Å². The summed E-state index contributed by atoms with van der Waals surface area (Å²) < 4.78 is 46.7. The van der Waals surface area contributed by atoms with Crippen LogP contribution in [-0.2, 0) is 30.7 Å². The van der Waals surface area contributed by atoms with Crippen molar-refractivity contribution in [3.63, 3.8) is 0 Å². The number of halogens is 3. The van der Waals surface area contributed by atoms with Crippen LogP contribution in [0, 0.1) is 4.77 Å². The van der Waals surface area contributed by atoms with E-state index in [2.05, 4.69) is 5.10 Å². The van der Waals surface area contributed by atoms with Crippen molar-refractivity contribution in [3.05, 3.63) is 46.5 Å². The van der Waals surface area contributed by atoms with E-state index in [0.717, 1.165) is 17.7 Å². The van der Waals surface area contributed by atoms with Crippen LogP contribution in [0.3, 0.4) is 0 Å². The monoisotopic (exact) mass is 360 g/mol. The molecule has 2 rings (SSSR count). The number of hydrogen-bond acceptors (Lipinski definition) is 4. The van der Waals surface area contributed by atoms with Crippen molar-refractivity contribution in [2.75, 3.05) is 20.8 Å². The highest BCUT2D eigenvalue weighted by molar-refractivity contribution is 7.71. The van der Waals surface area contributed by atoms with Gasteiger partial charge in [0.15, 0.2) is 4.77 Å². The van der Waals surface area contributed by atoms with Crippen LogP contribution < -0.4 is 0 Å². The van der Waals surface area contributed by atoms with Gasteiger partial charge in [0, 0.05) is 20.2 Å². The largest absolute Gasteiger partial charge is 0.416 e. The third-order valence-corrected chi connectivity index (χ3v) is 3.89. The first-order chi connectivity index (χ1) is 11.3. The molecule has 0 unspecified atom stereocenters. The lowest BCUT2D eigenvalue weighted by atomic mass is 10.1. The molecule has 0 spiro atoms. The Morgan fingerprint density at radius 2 is 1.92 bits per heavy atom. The molecule has 0 aliphatic heterocycles. The maximum Gasteiger partial charge on any atom is 0.416 e. The molecule has 1 aromatic carbocycles. The zero-order chi connectivity index (χ0) is 17.7. The van der Waals surface area contributed by atoms with Crippen molar-refractivity contribution in [2.24, 2.45) is 0 Å². The van der Waals surface area contributed by atoms with E-state index in [9.17, 15) is 13.2 Å². The first-order valence-corrected chi connectivity index (χ1v) is 7.68. The lowest BCUT2D eigenvalue weighted by molar-refractivity contribution is -0.137. The Kier molecular flexibility index (Phi) is 6.14. The van der Waals surface area contributed by atoms with Crippen LogP contribution in [-0.4, -0.2) is 40.0 Å². The molecule has 0 bridgehead atoms. The predicted octanol–water partition coefficient (Wildman–Crippen LogP) is 3.17. The number of methoxy groups -OCH3 is 1. The van der Waals surface area contributed by atoms with Gasteiger partial charge in [0.1, 0.15) is 6.33 Å². The minimum atomic E-state index is -4.31. The lowest BCUT2D eigenvalue weighted by Gasteiger charge is -2.17. The fourth-order valence-electron chi connectivity index (χ4n) is 2.20. The average Bonchev–Trinajstić information content (AvgIpc) is 2.85. The van der Waals surface area contributed by atoms with Crippen LogP contribution >= 0.6 is 12.2 Å². The van der Waals surface area contributed by atoms with Crippen molar-refractivity contribution in [2.45, 2.75) is 25.9 Å². The first-order valence-electron chi connectivity index (χ1n) is 7.27. The number of ether oxygens (including phenoxy) is 1. The third-order valence-electron chi connectivity index (χ3n) is 3.44. The molecule has 132 valence electrons. The van der Waals surface area contributed by atoms with Crippen molar-refractivity contribution in [1.82, 2.24) is 19.2 Å². The van der Waals surface area contributed by atoms with Gasteiger partial charge in [-0.3, -0.25) is 4.90 Å². The summed E-state index contributed by atoms with van der Waals surface area (Å²) in [6.45, 7) is 2.10. The Balaban J connectivity index is 1.97. The number of nitrogens with zero attached hydrogens (tertiary/aromatic N) is 4. The van der Waals surface area contributed by atoms with Gasteiger partial charge >= 0.3 is 6.18 Å². The van der Waals surface area contributed by atoms with Crippen molar-refractivity contribution >= 4 is 12.2 Å². The molecule has 0 aliphatic rings. The first kappa shape index (κ1) is 18.6. The van der Waals surface area contributed by atoms with Gasteiger partial charge in [0.05, 0.1) is 18.8 Å². The molecule has 1 heterocycles. The molecular weight excluding hydrogens is 341 g/mol. The zero-order valence-electron chi connectivity index (χ0n) is 13.5. The lowest BCUT2D eigenvalue weighted by Crippen LogP contribution is -2.22. The highest BCUT2D eigenvalue weighted by atomic mass is 32.1. The molecule has 0 saturated carbocycles. The normalized spacial score (nSPS) is 12.1. The Hall–Kier alpha value is -1.71. The number of aromatic nitrogens is 3. The SMILES string of the molecule is COCCn1cnn(CN(C)Cc2ccc(C(F)(F)F)cc2)c1=S. The van der Waals surface area contributed by atoms with E-state index in [1.165, 1.54) is 12.1 Å². The van der Waals surface area contributed by atoms with Crippen LogP contribution in [0.2, 0.25) is 0 Å². The summed E-state index contributed by atoms with van der Waals surface area (Å²) in [6, 6.07) is 5.15. The molecule has 0 radical (unpaired) electrons. The molecule has 0 N–H and O–H groups in total. The molecule has 1 aromatic heterocycles. The van der Waals surface area contributed by atoms with Gasteiger partial charge in [-0.25, -0.2) is 4.68 Å². The summed E-state index contributed by atoms with van der Waals surface area (Å²) in [6.07, 6.45) is -2.67. The van der Waals surface area contributed by atoms with E-state index >= 15 is 0 Å². The fourth-order valence-corrected chi connectivity index (χ4v) is 2.44. The average molecular weight is 360 g/mol. The quantitative estimate of drug-likeness (QED) is 0.711. The maximum absolute atomic E-state index is 12.6. The van der Waals surface area contributed by atoms with Gasteiger partial charge in [-0.2, -0.15) is 18.3 Å². The topological polar surface area (TPSA) is 35.2 Å². The highest BCUT2D eigenvalue weighted by Crippen LogP contribution is 2.29. The molecule has 0 amide bonds. The minimum absolute atomic E-state index is 0.444. The molecule has 0 fully saturated rings. The molecule has 0 saturated heterocycles. The molecular formula is C15H19F3N4OS. The van der Waals surface area contributed by atoms with Crippen molar-refractivity contribution in [1.29, 1.82) is 0 Å². The number of alkyl halides is 3. The Labute approximate surface area is 143 Å². The van der Waals surface area contributed by atoms with E-state index in [-0.39, 0.29) is 0 Å². The van der Waals surface area contributed by atoms with Gasteiger partial charge in [0.2, 0.25) is 0 Å². The fraction of sp³-hybridized carbons (Fsp3) is 0.467. The second kappa shape index (κ2) is 7.91. The summed E-state index contributed by atoms with van der Waals surface area (Å²) in [7, 11) is 3.47. The van der Waals surface area contributed by atoms with Gasteiger partial charge < -0.3 is 9.30 Å². The second-order valence-electron chi connectivity index (χ2n) is 5.45. The standard InChI is InChI=1S/C15H19F3N4OS/c1-20(9-12-3-5-13(6-4-12)15(16,17)18)11-22-14(24)21(10-19-22)7-8-23-2/h3-6,10H,7-9,11H2,1-2H3. The Morgan fingerprint density at radius 3 is 2.50 bits per heavy atom. The zero-order valence-corrected chi connectivity index (χ0v) is 14.3. The molecule has 5 nitrogen and oxygen atoms in total. The summed E-state index contributed by atoms with van der Waals surface area (Å²) >= 11 is 5.34. The van der Waals surface area contributed by atoms with E-state index in [1.54, 1.807) is 18.1 Å². The number of rotatable bonds is 7. The number of benzene rings is 1. The van der Waals surface area contributed by atoms with Crippen LogP contribution in [0.5, 0.6) is 0 Å². The third kappa shape index (κ3) is 4.89. The van der Waals surface area contributed by atoms with Gasteiger partial charge in [0.25, 0.3) is 0 Å². The highest BCUT2D eigenvalue weighted by Gasteiger charge is 2.29. The molecule has 0 aliphatic carbocycles. The molecule has 9 heteroatoms. The van der Waals surface area contributed by atoms with Crippen molar-refractivity contribution in [3.8, 4) is 0 Å². The minimum Gasteiger partial charge on any atom is -0.383 e. The van der Waals surface area contributed by atoms with E-state index < -0.39 is 11.7 Å². The van der Waals surface area contributed by atoms with Gasteiger partial charge in [-0.05, 0) is 37.0 Å². The molecule has 2 aromatic rings. The summed E-state index contributed by atoms with van der Waals surface area (Å²) in [4.78, 5) is 1.92. The summed E-state index contributed by atoms with van der Waals surface area (Å²) in [5.74, 6) is 0. The summed E-state index contributed by atoms with van der Waals surface area (Å²) in [5, 5.41) is 4.23.